The summed E-state index contributed by atoms with van der Waals surface area (Å²) in [6.45, 7) is 7.12. The van der Waals surface area contributed by atoms with Crippen LogP contribution in [0.5, 0.6) is 5.75 Å². The summed E-state index contributed by atoms with van der Waals surface area (Å²) in [6.07, 6.45) is 1.93. The fraction of sp³-hybridized carbons (Fsp3) is 0.600. The Hall–Kier alpha value is -2.64. The number of rotatable bonds is 18. The van der Waals surface area contributed by atoms with E-state index in [2.05, 4.69) is 10.6 Å². The molecule has 2 rings (SSSR count). The van der Waals surface area contributed by atoms with Gasteiger partial charge in [0.2, 0.25) is 11.8 Å². The minimum absolute atomic E-state index is 0.0557. The first kappa shape index (κ1) is 37.5. The number of thioether (sulfide) groups is 1. The zero-order valence-corrected chi connectivity index (χ0v) is 27.8. The van der Waals surface area contributed by atoms with Gasteiger partial charge in [0.05, 0.1) is 47.3 Å². The van der Waals surface area contributed by atoms with E-state index < -0.39 is 75.3 Å². The molecular weight excluding hydrogens is 635 g/mol. The number of Topliss-reactive ketones (excluding diaryl/α,β-unsaturated/α-hetero) is 1. The number of ketones is 1. The molecule has 0 radical (unpaired) electrons. The molecule has 5 atom stereocenters. The van der Waals surface area contributed by atoms with Gasteiger partial charge in [0.15, 0.2) is 15.6 Å². The molecule has 0 fully saturated rings. The fourth-order valence-electron chi connectivity index (χ4n) is 4.63. The van der Waals surface area contributed by atoms with Gasteiger partial charge in [-0.1, -0.05) is 32.9 Å². The quantitative estimate of drug-likeness (QED) is 0.156. The first-order chi connectivity index (χ1) is 20.7. The van der Waals surface area contributed by atoms with Crippen molar-refractivity contribution in [2.24, 2.45) is 11.8 Å². The van der Waals surface area contributed by atoms with Gasteiger partial charge in [0, 0.05) is 17.2 Å². The van der Waals surface area contributed by atoms with Crippen molar-refractivity contribution >= 4 is 56.8 Å². The second-order valence-electron chi connectivity index (χ2n) is 10.9. The predicted molar refractivity (Wildman–Crippen MR) is 169 cm³/mol. The van der Waals surface area contributed by atoms with Crippen molar-refractivity contribution in [1.29, 1.82) is 0 Å². The second kappa shape index (κ2) is 17.7. The summed E-state index contributed by atoms with van der Waals surface area (Å²) in [4.78, 5) is 50.9. The molecule has 0 spiro atoms. The summed E-state index contributed by atoms with van der Waals surface area (Å²) < 4.78 is 45.1. The zero-order valence-electron chi connectivity index (χ0n) is 25.4. The lowest BCUT2D eigenvalue weighted by Crippen LogP contribution is -2.54. The molecular formula is C30H42ClFN2O8S2. The number of nitrogens with one attached hydrogen (secondary N) is 2. The van der Waals surface area contributed by atoms with Crippen LogP contribution in [0.25, 0.3) is 0 Å². The largest absolute Gasteiger partial charge is 0.494 e. The molecule has 0 bridgehead atoms. The van der Waals surface area contributed by atoms with Gasteiger partial charge in [0.25, 0.3) is 0 Å². The summed E-state index contributed by atoms with van der Waals surface area (Å²) in [7, 11) is -3.56. The van der Waals surface area contributed by atoms with E-state index in [1.165, 1.54) is 18.2 Å². The number of hydrogen-bond acceptors (Lipinski definition) is 8. The van der Waals surface area contributed by atoms with Gasteiger partial charge in [-0.2, -0.15) is 11.8 Å². The van der Waals surface area contributed by atoms with Gasteiger partial charge < -0.3 is 20.5 Å². The Morgan fingerprint density at radius 3 is 2.48 bits per heavy atom. The molecule has 0 saturated carbocycles. The number of halogens is 2. The lowest BCUT2D eigenvalue weighted by atomic mass is 9.94. The molecule has 3 N–H and O–H groups in total. The highest BCUT2D eigenvalue weighted by Gasteiger charge is 2.32. The number of hydrogen-bond donors (Lipinski definition) is 3. The van der Waals surface area contributed by atoms with Crippen molar-refractivity contribution in [3.63, 3.8) is 0 Å². The minimum Gasteiger partial charge on any atom is -0.494 e. The number of carboxylic acid groups (broad SMARTS) is 1. The number of carbonyl (C=O) groups excluding carboxylic acids is 3. The molecule has 1 aliphatic carbocycles. The fourth-order valence-corrected chi connectivity index (χ4v) is 7.67. The number of carboxylic acids is 1. The summed E-state index contributed by atoms with van der Waals surface area (Å²) in [5, 5.41) is 14.0. The number of sulfone groups is 1. The maximum Gasteiger partial charge on any atom is 0.305 e. The SMILES string of the molecule is CCCS(=O)(=O)c1ccc(OCC)c(CC(=O)NC(C(=O)NC(CC(=O)O)C(=O)CSCC2C(Cl)C=CCC2F)C(C)C)c1. The molecule has 14 heteroatoms. The third kappa shape index (κ3) is 11.4. The number of benzene rings is 1. The van der Waals surface area contributed by atoms with Crippen molar-refractivity contribution in [2.45, 2.75) is 81.9 Å². The van der Waals surface area contributed by atoms with Gasteiger partial charge in [-0.15, -0.1) is 11.6 Å². The number of amides is 2. The molecule has 5 unspecified atom stereocenters. The molecule has 0 aromatic heterocycles. The van der Waals surface area contributed by atoms with Crippen LogP contribution in [0.15, 0.2) is 35.2 Å². The predicted octanol–water partition coefficient (Wildman–Crippen LogP) is 3.74. The van der Waals surface area contributed by atoms with Gasteiger partial charge in [-0.05, 0) is 43.9 Å². The van der Waals surface area contributed by atoms with Gasteiger partial charge in [0.1, 0.15) is 18.0 Å². The molecule has 2 amide bonds. The van der Waals surface area contributed by atoms with Crippen molar-refractivity contribution in [3.8, 4) is 5.75 Å². The number of allylic oxidation sites excluding steroid dienone is 2. The van der Waals surface area contributed by atoms with Crippen LogP contribution in [0.3, 0.4) is 0 Å². The average Bonchev–Trinajstić information content (AvgIpc) is 2.93. The Balaban J connectivity index is 2.13. The lowest BCUT2D eigenvalue weighted by Gasteiger charge is -2.27. The van der Waals surface area contributed by atoms with Crippen molar-refractivity contribution in [3.05, 3.63) is 35.9 Å². The standard InChI is InChI=1S/C30H42ClFN2O8S2/c1-5-12-44(40,41)20-10-11-26(42-6-2)19(13-20)14-27(36)34-29(18(3)4)30(39)33-24(15-28(37)38)25(35)17-43-16-21-22(31)8-7-9-23(21)32/h7-8,10-11,13,18,21-24,29H,5-6,9,12,14-17H2,1-4H3,(H,33,39)(H,34,36)(H,37,38). The molecule has 1 aromatic carbocycles. The Kier molecular flexibility index (Phi) is 15.1. The van der Waals surface area contributed by atoms with Crippen LogP contribution in [0, 0.1) is 11.8 Å². The van der Waals surface area contributed by atoms with Gasteiger partial charge in [-0.25, -0.2) is 12.8 Å². The van der Waals surface area contributed by atoms with E-state index in [1.54, 1.807) is 39.8 Å². The van der Waals surface area contributed by atoms with E-state index >= 15 is 0 Å². The first-order valence-electron chi connectivity index (χ1n) is 14.5. The number of carbonyl (C=O) groups is 4. The van der Waals surface area contributed by atoms with Crippen LogP contribution in [-0.4, -0.2) is 84.6 Å². The van der Waals surface area contributed by atoms with Gasteiger partial charge in [-0.3, -0.25) is 19.2 Å². The summed E-state index contributed by atoms with van der Waals surface area (Å²) >= 11 is 7.31. The Morgan fingerprint density at radius 2 is 1.89 bits per heavy atom. The third-order valence-corrected chi connectivity index (χ3v) is 10.5. The Morgan fingerprint density at radius 1 is 1.18 bits per heavy atom. The van der Waals surface area contributed by atoms with E-state index in [0.29, 0.717) is 17.7 Å². The Bertz CT molecular complexity index is 1310. The smallest absolute Gasteiger partial charge is 0.305 e. The van der Waals surface area contributed by atoms with Crippen LogP contribution in [0.1, 0.15) is 52.5 Å². The van der Waals surface area contributed by atoms with E-state index in [0.717, 1.165) is 11.8 Å². The van der Waals surface area contributed by atoms with E-state index in [1.807, 2.05) is 0 Å². The van der Waals surface area contributed by atoms with Gasteiger partial charge >= 0.3 is 5.97 Å². The highest BCUT2D eigenvalue weighted by atomic mass is 35.5. The molecule has 246 valence electrons. The van der Waals surface area contributed by atoms with Crippen molar-refractivity contribution in [2.75, 3.05) is 23.9 Å². The number of alkyl halides is 2. The maximum absolute atomic E-state index is 14.3. The third-order valence-electron chi connectivity index (χ3n) is 6.97. The lowest BCUT2D eigenvalue weighted by molar-refractivity contribution is -0.140. The normalized spacial score (nSPS) is 19.7. The molecule has 0 saturated heterocycles. The first-order valence-corrected chi connectivity index (χ1v) is 17.8. The van der Waals surface area contributed by atoms with E-state index in [-0.39, 0.29) is 41.6 Å². The number of aliphatic carboxylic acids is 1. The van der Waals surface area contributed by atoms with Crippen LogP contribution in [-0.2, 0) is 35.4 Å². The molecule has 44 heavy (non-hydrogen) atoms. The topological polar surface area (TPSA) is 156 Å². The maximum atomic E-state index is 14.3. The second-order valence-corrected chi connectivity index (χ2v) is 14.6. The van der Waals surface area contributed by atoms with Crippen LogP contribution in [0.2, 0.25) is 0 Å². The highest BCUT2D eigenvalue weighted by molar-refractivity contribution is 7.99. The highest BCUT2D eigenvalue weighted by Crippen LogP contribution is 2.30. The molecule has 0 heterocycles. The Labute approximate surface area is 267 Å². The van der Waals surface area contributed by atoms with E-state index in [4.69, 9.17) is 16.3 Å². The molecule has 0 aliphatic heterocycles. The van der Waals surface area contributed by atoms with Crippen molar-refractivity contribution in [1.82, 2.24) is 10.6 Å². The molecule has 10 nitrogen and oxygen atoms in total. The average molecular weight is 677 g/mol. The van der Waals surface area contributed by atoms with E-state index in [9.17, 15) is 37.1 Å². The molecule has 1 aliphatic rings. The summed E-state index contributed by atoms with van der Waals surface area (Å²) in [5.74, 6) is -3.79. The monoisotopic (exact) mass is 676 g/mol. The van der Waals surface area contributed by atoms with Crippen LogP contribution >= 0.6 is 23.4 Å². The minimum atomic E-state index is -3.56. The van der Waals surface area contributed by atoms with Crippen molar-refractivity contribution < 1.29 is 41.8 Å². The summed E-state index contributed by atoms with van der Waals surface area (Å²) in [6, 6.07) is 1.82. The van der Waals surface area contributed by atoms with Crippen LogP contribution < -0.4 is 15.4 Å². The summed E-state index contributed by atoms with van der Waals surface area (Å²) in [5.41, 5.74) is 0.323. The van der Waals surface area contributed by atoms with Crippen LogP contribution in [0.4, 0.5) is 4.39 Å². The molecule has 1 aromatic rings. The number of ether oxygens (including phenoxy) is 1. The zero-order chi connectivity index (χ0) is 33.0.